The molecule has 1 spiro atoms. The smallest absolute Gasteiger partial charge is 0.233 e. The van der Waals surface area contributed by atoms with Crippen molar-refractivity contribution in [1.29, 1.82) is 0 Å². The quantitative estimate of drug-likeness (QED) is 0.492. The zero-order valence-corrected chi connectivity index (χ0v) is 15.2. The van der Waals surface area contributed by atoms with Crippen molar-refractivity contribution in [3.63, 3.8) is 0 Å². The molecule has 2 fully saturated rings. The third-order valence-corrected chi connectivity index (χ3v) is 6.49. The van der Waals surface area contributed by atoms with Crippen LogP contribution in [0, 0.1) is 11.8 Å². The number of amides is 2. The summed E-state index contributed by atoms with van der Waals surface area (Å²) in [5, 5.41) is 11.8. The number of nitrogens with one attached hydrogen (secondary N) is 1. The summed E-state index contributed by atoms with van der Waals surface area (Å²) < 4.78 is 6.80. The standard InChI is InChI=1S/C15H18N4O3S2/c1-7(2)23-14-18-17-13(24-14)16-11(20)9-8-4-5-15(22-8)6-19(3)12(21)10(9)15/h4-5,7-10H,6H2,1-3H3,(H,16,17,20)/t8-,9-,10+,15-/m0/s1. The van der Waals surface area contributed by atoms with Crippen molar-refractivity contribution in [2.45, 2.75) is 35.1 Å². The van der Waals surface area contributed by atoms with E-state index in [9.17, 15) is 9.59 Å². The topological polar surface area (TPSA) is 84.4 Å². The van der Waals surface area contributed by atoms with Crippen molar-refractivity contribution in [2.24, 2.45) is 11.8 Å². The van der Waals surface area contributed by atoms with Crippen LogP contribution in [-0.2, 0) is 14.3 Å². The van der Waals surface area contributed by atoms with Crippen molar-refractivity contribution in [3.05, 3.63) is 12.2 Å². The predicted octanol–water partition coefficient (Wildman–Crippen LogP) is 1.39. The molecular weight excluding hydrogens is 348 g/mol. The first-order chi connectivity index (χ1) is 11.4. The minimum Gasteiger partial charge on any atom is -0.360 e. The van der Waals surface area contributed by atoms with Gasteiger partial charge in [-0.2, -0.15) is 0 Å². The number of carbonyl (C=O) groups excluding carboxylic acids is 2. The number of likely N-dealkylation sites (N-methyl/N-ethyl adjacent to an activating group) is 1. The normalized spacial score (nSPS) is 33.6. The van der Waals surface area contributed by atoms with Crippen molar-refractivity contribution < 1.29 is 14.3 Å². The Morgan fingerprint density at radius 1 is 1.54 bits per heavy atom. The fourth-order valence-electron chi connectivity index (χ4n) is 3.69. The van der Waals surface area contributed by atoms with E-state index >= 15 is 0 Å². The number of fused-ring (bicyclic) bond motifs is 1. The summed E-state index contributed by atoms with van der Waals surface area (Å²) in [4.78, 5) is 26.9. The van der Waals surface area contributed by atoms with Gasteiger partial charge in [0.2, 0.25) is 16.9 Å². The lowest BCUT2D eigenvalue weighted by Crippen LogP contribution is -2.41. The van der Waals surface area contributed by atoms with Crippen LogP contribution in [0.3, 0.4) is 0 Å². The first-order valence-electron chi connectivity index (χ1n) is 7.83. The Bertz CT molecular complexity index is 734. The average Bonchev–Trinajstić information content (AvgIpc) is 3.22. The molecule has 0 saturated carbocycles. The molecule has 7 nitrogen and oxygen atoms in total. The van der Waals surface area contributed by atoms with Gasteiger partial charge in [0, 0.05) is 12.3 Å². The Hall–Kier alpha value is -1.45. The van der Waals surface area contributed by atoms with Crippen LogP contribution in [0.5, 0.6) is 0 Å². The highest BCUT2D eigenvalue weighted by molar-refractivity contribution is 8.01. The maximum absolute atomic E-state index is 12.8. The Balaban J connectivity index is 1.52. The highest BCUT2D eigenvalue weighted by Crippen LogP contribution is 2.51. The molecule has 1 aromatic rings. The van der Waals surface area contributed by atoms with E-state index in [1.807, 2.05) is 12.2 Å². The lowest BCUT2D eigenvalue weighted by atomic mass is 9.77. The Labute approximate surface area is 147 Å². The second-order valence-electron chi connectivity index (χ2n) is 6.62. The Morgan fingerprint density at radius 3 is 3.08 bits per heavy atom. The van der Waals surface area contributed by atoms with Gasteiger partial charge < -0.3 is 15.0 Å². The van der Waals surface area contributed by atoms with E-state index in [1.54, 1.807) is 23.7 Å². The molecule has 2 bridgehead atoms. The van der Waals surface area contributed by atoms with Gasteiger partial charge in [-0.1, -0.05) is 49.1 Å². The molecule has 24 heavy (non-hydrogen) atoms. The molecular formula is C15H18N4O3S2. The van der Waals surface area contributed by atoms with Gasteiger partial charge in [-0.25, -0.2) is 0 Å². The summed E-state index contributed by atoms with van der Waals surface area (Å²) in [6.45, 7) is 4.65. The van der Waals surface area contributed by atoms with Crippen molar-refractivity contribution in [1.82, 2.24) is 15.1 Å². The third kappa shape index (κ3) is 2.37. The molecule has 1 N–H and O–H groups in total. The maximum Gasteiger partial charge on any atom is 0.233 e. The summed E-state index contributed by atoms with van der Waals surface area (Å²) in [5.41, 5.74) is -0.641. The van der Waals surface area contributed by atoms with Crippen molar-refractivity contribution in [2.75, 3.05) is 18.9 Å². The zero-order valence-electron chi connectivity index (χ0n) is 13.6. The highest BCUT2D eigenvalue weighted by Gasteiger charge is 2.66. The van der Waals surface area contributed by atoms with E-state index in [0.29, 0.717) is 16.9 Å². The molecule has 0 radical (unpaired) electrons. The van der Waals surface area contributed by atoms with Gasteiger partial charge >= 0.3 is 0 Å². The number of rotatable bonds is 4. The van der Waals surface area contributed by atoms with Gasteiger partial charge in [0.25, 0.3) is 0 Å². The lowest BCUT2D eigenvalue weighted by molar-refractivity contribution is -0.134. The maximum atomic E-state index is 12.8. The molecule has 4 atom stereocenters. The highest BCUT2D eigenvalue weighted by atomic mass is 32.2. The second-order valence-corrected chi connectivity index (χ2v) is 9.42. The minimum absolute atomic E-state index is 0.0321. The van der Waals surface area contributed by atoms with Crippen LogP contribution in [0.25, 0.3) is 0 Å². The van der Waals surface area contributed by atoms with E-state index in [0.717, 1.165) is 4.34 Å². The Morgan fingerprint density at radius 2 is 2.33 bits per heavy atom. The number of nitrogens with zero attached hydrogens (tertiary/aromatic N) is 3. The van der Waals surface area contributed by atoms with Gasteiger partial charge in [-0.3, -0.25) is 9.59 Å². The predicted molar refractivity (Wildman–Crippen MR) is 90.9 cm³/mol. The molecule has 3 aliphatic heterocycles. The first kappa shape index (κ1) is 16.0. The van der Waals surface area contributed by atoms with Crippen LogP contribution in [0.2, 0.25) is 0 Å². The molecule has 3 aliphatic rings. The second kappa shape index (κ2) is 5.53. The van der Waals surface area contributed by atoms with Gasteiger partial charge in [-0.05, 0) is 0 Å². The van der Waals surface area contributed by atoms with Crippen LogP contribution < -0.4 is 5.32 Å². The number of thioether (sulfide) groups is 1. The summed E-state index contributed by atoms with van der Waals surface area (Å²) in [7, 11) is 1.75. The van der Waals surface area contributed by atoms with Gasteiger partial charge in [0.15, 0.2) is 4.34 Å². The van der Waals surface area contributed by atoms with E-state index in [1.165, 1.54) is 11.3 Å². The molecule has 1 aromatic heterocycles. The van der Waals surface area contributed by atoms with Gasteiger partial charge in [-0.15, -0.1) is 10.2 Å². The number of ether oxygens (including phenoxy) is 1. The lowest BCUT2D eigenvalue weighted by Gasteiger charge is -2.22. The summed E-state index contributed by atoms with van der Waals surface area (Å²) in [6, 6.07) is 0. The number of carbonyl (C=O) groups is 2. The average molecular weight is 366 g/mol. The third-order valence-electron chi connectivity index (χ3n) is 4.57. The molecule has 4 heterocycles. The van der Waals surface area contributed by atoms with E-state index in [4.69, 9.17) is 4.74 Å². The Kier molecular flexibility index (Phi) is 3.70. The molecule has 9 heteroatoms. The number of likely N-dealkylation sites (tertiary alicyclic amines) is 1. The van der Waals surface area contributed by atoms with E-state index in [-0.39, 0.29) is 17.9 Å². The summed E-state index contributed by atoms with van der Waals surface area (Å²) in [5.74, 6) is -1.22. The molecule has 0 aliphatic carbocycles. The van der Waals surface area contributed by atoms with Crippen molar-refractivity contribution >= 4 is 40.0 Å². The molecule has 0 aromatic carbocycles. The molecule has 128 valence electrons. The number of hydrogen-bond acceptors (Lipinski definition) is 7. The fraction of sp³-hybridized carbons (Fsp3) is 0.600. The van der Waals surface area contributed by atoms with E-state index < -0.39 is 17.4 Å². The van der Waals surface area contributed by atoms with Crippen molar-refractivity contribution in [3.8, 4) is 0 Å². The minimum atomic E-state index is -0.641. The molecule has 2 saturated heterocycles. The molecule has 4 rings (SSSR count). The van der Waals surface area contributed by atoms with Crippen LogP contribution in [0.15, 0.2) is 16.5 Å². The van der Waals surface area contributed by atoms with E-state index in [2.05, 4.69) is 29.4 Å². The molecule has 0 unspecified atom stereocenters. The molecule has 2 amide bonds. The van der Waals surface area contributed by atoms with Crippen LogP contribution in [0.4, 0.5) is 5.13 Å². The monoisotopic (exact) mass is 366 g/mol. The number of anilines is 1. The van der Waals surface area contributed by atoms with Crippen LogP contribution in [-0.4, -0.2) is 57.5 Å². The number of aromatic nitrogens is 2. The largest absolute Gasteiger partial charge is 0.360 e. The van der Waals surface area contributed by atoms with Crippen LogP contribution in [0.1, 0.15) is 13.8 Å². The van der Waals surface area contributed by atoms with Crippen LogP contribution >= 0.6 is 23.1 Å². The van der Waals surface area contributed by atoms with Gasteiger partial charge in [0.05, 0.1) is 24.5 Å². The number of hydrogen-bond donors (Lipinski definition) is 1. The summed E-state index contributed by atoms with van der Waals surface area (Å²) >= 11 is 2.95. The summed E-state index contributed by atoms with van der Waals surface area (Å²) in [6.07, 6.45) is 3.49. The fourth-order valence-corrected chi connectivity index (χ4v) is 5.67. The zero-order chi connectivity index (χ0) is 17.1. The first-order valence-corrected chi connectivity index (χ1v) is 9.52. The SMILES string of the molecule is CC(C)Sc1nnc(NC(=O)[C@H]2[C@@H]3C=C[C@@]4(CN(C)C(=O)[C@@H]24)O3)s1. The van der Waals surface area contributed by atoms with Gasteiger partial charge in [0.1, 0.15) is 5.60 Å².